The van der Waals surface area contributed by atoms with E-state index in [-0.39, 0.29) is 31.1 Å². The van der Waals surface area contributed by atoms with Crippen molar-refractivity contribution in [2.75, 3.05) is 19.7 Å². The maximum Gasteiger partial charge on any atom is 0.346 e. The highest BCUT2D eigenvalue weighted by Crippen LogP contribution is 2.30. The van der Waals surface area contributed by atoms with Crippen LogP contribution in [0.3, 0.4) is 0 Å². The molecular formula is C20H25FN4O3. The van der Waals surface area contributed by atoms with Crippen LogP contribution in [-0.4, -0.2) is 55.6 Å². The first-order valence-electron chi connectivity index (χ1n) is 9.72. The van der Waals surface area contributed by atoms with Crippen LogP contribution >= 0.6 is 0 Å². The molecule has 2 aromatic rings. The van der Waals surface area contributed by atoms with Gasteiger partial charge in [-0.25, -0.2) is 13.9 Å². The third kappa shape index (κ3) is 3.37. The van der Waals surface area contributed by atoms with Crippen molar-refractivity contribution >= 4 is 5.91 Å². The molecule has 0 aliphatic carbocycles. The first kappa shape index (κ1) is 18.9. The summed E-state index contributed by atoms with van der Waals surface area (Å²) in [5.41, 5.74) is 0.0637. The molecule has 0 saturated carbocycles. The average Bonchev–Trinajstić information content (AvgIpc) is 3.24. The first-order chi connectivity index (χ1) is 13.4. The number of likely N-dealkylation sites (tertiary alicyclic amines) is 1. The number of alkyl halides is 1. The van der Waals surface area contributed by atoms with Crippen LogP contribution in [0.1, 0.15) is 42.3 Å². The SMILES string of the molecule is Cc1ccc(Cn2nc3n(c2=O)C(C(=O)N2CCC(F)(CO)C2)CCC3)cc1. The van der Waals surface area contributed by atoms with Gasteiger partial charge in [0.1, 0.15) is 11.9 Å². The number of carbonyl (C=O) groups is 1. The molecule has 1 fully saturated rings. The summed E-state index contributed by atoms with van der Waals surface area (Å²) < 4.78 is 17.2. The zero-order valence-corrected chi connectivity index (χ0v) is 16.0. The first-order valence-corrected chi connectivity index (χ1v) is 9.72. The summed E-state index contributed by atoms with van der Waals surface area (Å²) in [6.07, 6.45) is 2.06. The Morgan fingerprint density at radius 1 is 1.36 bits per heavy atom. The maximum atomic E-state index is 14.3. The van der Waals surface area contributed by atoms with Crippen LogP contribution in [0.25, 0.3) is 0 Å². The molecule has 1 aromatic heterocycles. The Morgan fingerprint density at radius 2 is 2.11 bits per heavy atom. The zero-order chi connectivity index (χ0) is 19.9. The highest BCUT2D eigenvalue weighted by Gasteiger charge is 2.43. The van der Waals surface area contributed by atoms with E-state index >= 15 is 0 Å². The summed E-state index contributed by atoms with van der Waals surface area (Å²) in [5.74, 6) is 0.348. The molecule has 4 rings (SSSR count). The minimum atomic E-state index is -1.74. The minimum Gasteiger partial charge on any atom is -0.393 e. The van der Waals surface area contributed by atoms with Crippen molar-refractivity contribution in [2.45, 2.75) is 50.9 Å². The molecular weight excluding hydrogens is 363 g/mol. The number of halogens is 1. The fourth-order valence-electron chi connectivity index (χ4n) is 4.10. The summed E-state index contributed by atoms with van der Waals surface area (Å²) in [6, 6.07) is 7.25. The van der Waals surface area contributed by atoms with E-state index in [2.05, 4.69) is 5.10 Å². The van der Waals surface area contributed by atoms with Gasteiger partial charge in [-0.3, -0.25) is 9.36 Å². The van der Waals surface area contributed by atoms with E-state index < -0.39 is 18.3 Å². The summed E-state index contributed by atoms with van der Waals surface area (Å²) in [6.45, 7) is 1.89. The van der Waals surface area contributed by atoms with Gasteiger partial charge < -0.3 is 10.0 Å². The Kier molecular flexibility index (Phi) is 4.82. The fourth-order valence-corrected chi connectivity index (χ4v) is 4.10. The quantitative estimate of drug-likeness (QED) is 0.854. The molecule has 0 bridgehead atoms. The molecule has 7 nitrogen and oxygen atoms in total. The molecule has 1 aromatic carbocycles. The van der Waals surface area contributed by atoms with Gasteiger partial charge in [-0.15, -0.1) is 0 Å². The van der Waals surface area contributed by atoms with Gasteiger partial charge in [-0.05, 0) is 25.3 Å². The Balaban J connectivity index is 1.59. The molecule has 2 atom stereocenters. The molecule has 150 valence electrons. The van der Waals surface area contributed by atoms with Crippen molar-refractivity contribution in [3.8, 4) is 0 Å². The molecule has 28 heavy (non-hydrogen) atoms. The lowest BCUT2D eigenvalue weighted by atomic mass is 10.0. The summed E-state index contributed by atoms with van der Waals surface area (Å²) in [5, 5.41) is 13.7. The number of aryl methyl sites for hydroxylation is 2. The Hall–Kier alpha value is -2.48. The highest BCUT2D eigenvalue weighted by atomic mass is 19.1. The number of benzene rings is 1. The third-order valence-corrected chi connectivity index (χ3v) is 5.77. The van der Waals surface area contributed by atoms with Crippen molar-refractivity contribution in [3.05, 3.63) is 51.7 Å². The van der Waals surface area contributed by atoms with Gasteiger partial charge in [-0.2, -0.15) is 5.10 Å². The van der Waals surface area contributed by atoms with Crippen LogP contribution in [0.4, 0.5) is 4.39 Å². The number of rotatable bonds is 4. The zero-order valence-electron chi connectivity index (χ0n) is 16.0. The van der Waals surface area contributed by atoms with Crippen molar-refractivity contribution in [3.63, 3.8) is 0 Å². The van der Waals surface area contributed by atoms with Gasteiger partial charge in [0.25, 0.3) is 0 Å². The van der Waals surface area contributed by atoms with E-state index in [4.69, 9.17) is 0 Å². The predicted octanol–water partition coefficient (Wildman–Crippen LogP) is 1.21. The second-order valence-corrected chi connectivity index (χ2v) is 7.94. The maximum absolute atomic E-state index is 14.3. The van der Waals surface area contributed by atoms with E-state index in [9.17, 15) is 19.1 Å². The van der Waals surface area contributed by atoms with Crippen molar-refractivity contribution in [1.29, 1.82) is 0 Å². The van der Waals surface area contributed by atoms with Crippen molar-refractivity contribution in [1.82, 2.24) is 19.2 Å². The summed E-state index contributed by atoms with van der Waals surface area (Å²) in [7, 11) is 0. The largest absolute Gasteiger partial charge is 0.393 e. The van der Waals surface area contributed by atoms with Gasteiger partial charge >= 0.3 is 5.69 Å². The molecule has 2 unspecified atom stereocenters. The number of amides is 1. The molecule has 0 spiro atoms. The number of aromatic nitrogens is 3. The van der Waals surface area contributed by atoms with Gasteiger partial charge in [0.15, 0.2) is 5.67 Å². The van der Waals surface area contributed by atoms with Crippen LogP contribution in [0, 0.1) is 6.92 Å². The van der Waals surface area contributed by atoms with Gasteiger partial charge in [0.2, 0.25) is 5.91 Å². The molecule has 8 heteroatoms. The van der Waals surface area contributed by atoms with Crippen LogP contribution in [0.15, 0.2) is 29.1 Å². The lowest BCUT2D eigenvalue weighted by Crippen LogP contribution is -2.43. The van der Waals surface area contributed by atoms with Crippen LogP contribution in [0.5, 0.6) is 0 Å². The van der Waals surface area contributed by atoms with E-state index in [0.29, 0.717) is 25.2 Å². The van der Waals surface area contributed by atoms with E-state index in [1.807, 2.05) is 31.2 Å². The minimum absolute atomic E-state index is 0.121. The number of aliphatic hydroxyl groups excluding tert-OH is 1. The van der Waals surface area contributed by atoms with Gasteiger partial charge in [0, 0.05) is 19.4 Å². The topological polar surface area (TPSA) is 80.4 Å². The Morgan fingerprint density at radius 3 is 2.79 bits per heavy atom. The van der Waals surface area contributed by atoms with Crippen molar-refractivity contribution in [2.24, 2.45) is 0 Å². The van der Waals surface area contributed by atoms with Crippen LogP contribution < -0.4 is 5.69 Å². The monoisotopic (exact) mass is 388 g/mol. The molecule has 1 N–H and O–H groups in total. The van der Waals surface area contributed by atoms with Crippen LogP contribution in [0.2, 0.25) is 0 Å². The number of carbonyl (C=O) groups excluding carboxylic acids is 1. The van der Waals surface area contributed by atoms with Crippen molar-refractivity contribution < 1.29 is 14.3 Å². The standard InChI is InChI=1S/C20H25FN4O3/c1-14-5-7-15(8-6-14)11-24-19(28)25-16(3-2-4-17(25)22-24)18(27)23-10-9-20(21,12-23)13-26/h5-8,16,26H,2-4,9-13H2,1H3. The number of aliphatic hydroxyl groups is 1. The van der Waals surface area contributed by atoms with E-state index in [0.717, 1.165) is 17.5 Å². The van der Waals surface area contributed by atoms with Crippen LogP contribution in [-0.2, 0) is 17.8 Å². The molecule has 1 saturated heterocycles. The van der Waals surface area contributed by atoms with Gasteiger partial charge in [-0.1, -0.05) is 29.8 Å². The molecule has 2 aliphatic heterocycles. The van der Waals surface area contributed by atoms with E-state index in [1.165, 1.54) is 14.1 Å². The molecule has 3 heterocycles. The second-order valence-electron chi connectivity index (χ2n) is 7.94. The lowest BCUT2D eigenvalue weighted by molar-refractivity contribution is -0.135. The smallest absolute Gasteiger partial charge is 0.346 e. The summed E-state index contributed by atoms with van der Waals surface area (Å²) >= 11 is 0. The fraction of sp³-hybridized carbons (Fsp3) is 0.550. The summed E-state index contributed by atoms with van der Waals surface area (Å²) in [4.78, 5) is 27.4. The van der Waals surface area contributed by atoms with E-state index in [1.54, 1.807) is 0 Å². The number of nitrogens with zero attached hydrogens (tertiary/aromatic N) is 4. The number of hydrogen-bond donors (Lipinski definition) is 1. The molecule has 1 amide bonds. The second kappa shape index (κ2) is 7.16. The lowest BCUT2D eigenvalue weighted by Gasteiger charge is -2.27. The average molecular weight is 388 g/mol. The molecule has 2 aliphatic rings. The predicted molar refractivity (Wildman–Crippen MR) is 101 cm³/mol. The highest BCUT2D eigenvalue weighted by molar-refractivity contribution is 5.81. The Bertz CT molecular complexity index is 936. The van der Waals surface area contributed by atoms with Gasteiger partial charge in [0.05, 0.1) is 19.7 Å². The Labute approximate surface area is 162 Å². The number of fused-ring (bicyclic) bond motifs is 1. The molecule has 0 radical (unpaired) electrons. The number of hydrogen-bond acceptors (Lipinski definition) is 4. The normalized spacial score (nSPS) is 24.4. The third-order valence-electron chi connectivity index (χ3n) is 5.77.